The van der Waals surface area contributed by atoms with Crippen LogP contribution in [0.25, 0.3) is 53.2 Å². The van der Waals surface area contributed by atoms with Crippen LogP contribution in [0.4, 0.5) is 17.1 Å². The van der Waals surface area contributed by atoms with Gasteiger partial charge in [-0.05, 0) is 105 Å². The Morgan fingerprint density at radius 2 is 1.11 bits per heavy atom. The van der Waals surface area contributed by atoms with Gasteiger partial charge in [0.2, 0.25) is 0 Å². The van der Waals surface area contributed by atoms with E-state index in [-0.39, 0.29) is 5.41 Å². The Balaban J connectivity index is 1.15. The third kappa shape index (κ3) is 4.13. The summed E-state index contributed by atoms with van der Waals surface area (Å²) in [5.41, 5.74) is 11.3. The second-order valence-corrected chi connectivity index (χ2v) is 13.7. The molecule has 9 rings (SSSR count). The molecule has 214 valence electrons. The van der Waals surface area contributed by atoms with E-state index in [1.807, 2.05) is 11.3 Å². The maximum atomic E-state index is 2.45. The summed E-state index contributed by atoms with van der Waals surface area (Å²) in [4.78, 5) is 2.38. The fraction of sp³-hybridized carbons (Fsp3) is 0.0698. The maximum Gasteiger partial charge on any atom is 0.0465 e. The molecular weight excluding hydrogens is 563 g/mol. The van der Waals surface area contributed by atoms with Crippen molar-refractivity contribution in [2.45, 2.75) is 19.3 Å². The van der Waals surface area contributed by atoms with Gasteiger partial charge in [0.05, 0.1) is 0 Å². The molecule has 0 saturated heterocycles. The van der Waals surface area contributed by atoms with Crippen LogP contribution in [0.3, 0.4) is 0 Å². The second kappa shape index (κ2) is 9.92. The average Bonchev–Trinajstić information content (AvgIpc) is 3.56. The Morgan fingerprint density at radius 3 is 1.96 bits per heavy atom. The molecule has 1 aliphatic rings. The molecule has 0 amide bonds. The van der Waals surface area contributed by atoms with Crippen molar-refractivity contribution in [2.75, 3.05) is 4.90 Å². The number of benzene rings is 7. The van der Waals surface area contributed by atoms with Crippen molar-refractivity contribution in [1.82, 2.24) is 0 Å². The van der Waals surface area contributed by atoms with Crippen LogP contribution in [0.5, 0.6) is 0 Å². The topological polar surface area (TPSA) is 3.24 Å². The van der Waals surface area contributed by atoms with E-state index in [9.17, 15) is 0 Å². The zero-order valence-corrected chi connectivity index (χ0v) is 26.1. The highest BCUT2D eigenvalue weighted by molar-refractivity contribution is 7.25. The Kier molecular flexibility index (Phi) is 5.78. The van der Waals surface area contributed by atoms with E-state index in [2.05, 4.69) is 170 Å². The molecule has 2 heteroatoms. The normalized spacial score (nSPS) is 13.3. The van der Waals surface area contributed by atoms with Crippen LogP contribution in [-0.4, -0.2) is 0 Å². The van der Waals surface area contributed by atoms with Gasteiger partial charge in [-0.15, -0.1) is 11.3 Å². The van der Waals surface area contributed by atoms with Crippen LogP contribution >= 0.6 is 11.3 Å². The van der Waals surface area contributed by atoms with Crippen LogP contribution in [0.15, 0.2) is 152 Å². The molecule has 0 fully saturated rings. The van der Waals surface area contributed by atoms with Crippen molar-refractivity contribution < 1.29 is 0 Å². The van der Waals surface area contributed by atoms with Gasteiger partial charge in [-0.3, -0.25) is 0 Å². The zero-order chi connectivity index (χ0) is 30.1. The molecule has 45 heavy (non-hydrogen) atoms. The Labute approximate surface area is 267 Å². The molecule has 0 aliphatic heterocycles. The van der Waals surface area contributed by atoms with Gasteiger partial charge < -0.3 is 4.90 Å². The van der Waals surface area contributed by atoms with Crippen molar-refractivity contribution in [3.8, 4) is 22.3 Å². The van der Waals surface area contributed by atoms with Crippen molar-refractivity contribution in [2.24, 2.45) is 0 Å². The first-order chi connectivity index (χ1) is 22.0. The zero-order valence-electron chi connectivity index (χ0n) is 25.3. The molecule has 1 aliphatic carbocycles. The Morgan fingerprint density at radius 1 is 0.444 bits per heavy atom. The summed E-state index contributed by atoms with van der Waals surface area (Å²) < 4.78 is 2.73. The molecule has 1 nitrogen and oxygen atoms in total. The molecule has 0 N–H and O–H groups in total. The number of thiophene rings is 1. The lowest BCUT2D eigenvalue weighted by atomic mass is 9.82. The van der Waals surface area contributed by atoms with Gasteiger partial charge >= 0.3 is 0 Å². The molecule has 0 radical (unpaired) electrons. The van der Waals surface area contributed by atoms with Gasteiger partial charge in [-0.1, -0.05) is 105 Å². The van der Waals surface area contributed by atoms with E-state index in [4.69, 9.17) is 0 Å². The number of fused-ring (bicyclic) bond motifs is 7. The van der Waals surface area contributed by atoms with Crippen molar-refractivity contribution >= 4 is 59.3 Å². The predicted octanol–water partition coefficient (Wildman–Crippen LogP) is 12.7. The smallest absolute Gasteiger partial charge is 0.0465 e. The summed E-state index contributed by atoms with van der Waals surface area (Å²) in [6, 6.07) is 55.7. The molecule has 8 aromatic rings. The predicted molar refractivity (Wildman–Crippen MR) is 195 cm³/mol. The number of hydrogen-bond acceptors (Lipinski definition) is 2. The third-order valence-corrected chi connectivity index (χ3v) is 10.8. The molecule has 0 unspecified atom stereocenters. The molecule has 1 heterocycles. The third-order valence-electron chi connectivity index (χ3n) is 9.64. The molecule has 0 atom stereocenters. The standard InChI is InChI=1S/C43H31NS/c1-43(2)39-25-34(22-23-35(39)37-26-38-36-14-8-9-15-41(36)45-42(38)27-40(37)43)44(32-12-4-3-5-13-32)33-20-18-29(19-21-33)31-17-16-28-10-6-7-11-30(28)24-31/h3-27H,1-2H3. The van der Waals surface area contributed by atoms with Crippen LogP contribution in [0.1, 0.15) is 25.0 Å². The van der Waals surface area contributed by atoms with Crippen LogP contribution in [0, 0.1) is 0 Å². The van der Waals surface area contributed by atoms with Gasteiger partial charge in [-0.25, -0.2) is 0 Å². The van der Waals surface area contributed by atoms with E-state index in [0.717, 1.165) is 11.4 Å². The quantitative estimate of drug-likeness (QED) is 0.196. The molecule has 0 bridgehead atoms. The van der Waals surface area contributed by atoms with Crippen LogP contribution in [0.2, 0.25) is 0 Å². The lowest BCUT2D eigenvalue weighted by Gasteiger charge is -2.28. The van der Waals surface area contributed by atoms with E-state index >= 15 is 0 Å². The molecule has 1 aromatic heterocycles. The highest BCUT2D eigenvalue weighted by Crippen LogP contribution is 2.53. The van der Waals surface area contributed by atoms with E-state index in [0.29, 0.717) is 0 Å². The lowest BCUT2D eigenvalue weighted by Crippen LogP contribution is -2.16. The first-order valence-corrected chi connectivity index (χ1v) is 16.4. The van der Waals surface area contributed by atoms with E-state index in [1.165, 1.54) is 70.0 Å². The van der Waals surface area contributed by atoms with Crippen molar-refractivity contribution in [3.63, 3.8) is 0 Å². The number of rotatable bonds is 4. The summed E-state index contributed by atoms with van der Waals surface area (Å²) in [6.07, 6.45) is 0. The number of para-hydroxylation sites is 1. The first kappa shape index (κ1) is 26.2. The lowest BCUT2D eigenvalue weighted by molar-refractivity contribution is 0.661. The number of hydrogen-bond donors (Lipinski definition) is 0. The molecule has 7 aromatic carbocycles. The molecule has 0 saturated carbocycles. The second-order valence-electron chi connectivity index (χ2n) is 12.6. The Hall–Kier alpha value is -5.18. The van der Waals surface area contributed by atoms with Gasteiger partial charge in [-0.2, -0.15) is 0 Å². The highest BCUT2D eigenvalue weighted by Gasteiger charge is 2.36. The SMILES string of the molecule is CC1(C)c2cc(N(c3ccccc3)c3ccc(-c4ccc5ccccc5c4)cc3)ccc2-c2cc3c(cc21)sc1ccccc13. The Bertz CT molecular complexity index is 2400. The van der Waals surface area contributed by atoms with E-state index < -0.39 is 0 Å². The van der Waals surface area contributed by atoms with Crippen LogP contribution < -0.4 is 4.90 Å². The average molecular weight is 594 g/mol. The van der Waals surface area contributed by atoms with Crippen LogP contribution in [-0.2, 0) is 5.41 Å². The fourth-order valence-corrected chi connectivity index (χ4v) is 8.40. The molecular formula is C43H31NS. The summed E-state index contributed by atoms with van der Waals surface area (Å²) in [5.74, 6) is 0. The minimum Gasteiger partial charge on any atom is -0.310 e. The van der Waals surface area contributed by atoms with Crippen molar-refractivity contribution in [1.29, 1.82) is 0 Å². The van der Waals surface area contributed by atoms with Gasteiger partial charge in [0, 0.05) is 42.6 Å². The van der Waals surface area contributed by atoms with Gasteiger partial charge in [0.15, 0.2) is 0 Å². The fourth-order valence-electron chi connectivity index (χ4n) is 7.28. The minimum atomic E-state index is -0.104. The largest absolute Gasteiger partial charge is 0.310 e. The number of nitrogens with zero attached hydrogens (tertiary/aromatic N) is 1. The summed E-state index contributed by atoms with van der Waals surface area (Å²) in [6.45, 7) is 4.76. The molecule has 0 spiro atoms. The minimum absolute atomic E-state index is 0.104. The summed E-state index contributed by atoms with van der Waals surface area (Å²) >= 11 is 1.90. The number of anilines is 3. The monoisotopic (exact) mass is 593 g/mol. The van der Waals surface area contributed by atoms with E-state index in [1.54, 1.807) is 0 Å². The van der Waals surface area contributed by atoms with Gasteiger partial charge in [0.1, 0.15) is 0 Å². The first-order valence-electron chi connectivity index (χ1n) is 15.6. The summed E-state index contributed by atoms with van der Waals surface area (Å²) in [7, 11) is 0. The highest BCUT2D eigenvalue weighted by atomic mass is 32.1. The van der Waals surface area contributed by atoms with Crippen molar-refractivity contribution in [3.05, 3.63) is 163 Å². The van der Waals surface area contributed by atoms with Gasteiger partial charge in [0.25, 0.3) is 0 Å². The summed E-state index contributed by atoms with van der Waals surface area (Å²) in [5, 5.41) is 5.24. The maximum absolute atomic E-state index is 2.45.